The quantitative estimate of drug-likeness (QED) is 0.613. The van der Waals surface area contributed by atoms with E-state index < -0.39 is 11.3 Å². The van der Waals surface area contributed by atoms with Gasteiger partial charge in [-0.2, -0.15) is 0 Å². The van der Waals surface area contributed by atoms with Crippen molar-refractivity contribution in [2.75, 3.05) is 6.61 Å². The van der Waals surface area contributed by atoms with Crippen LogP contribution in [0.3, 0.4) is 0 Å². The minimum atomic E-state index is -0.718. The summed E-state index contributed by atoms with van der Waals surface area (Å²) in [6.07, 6.45) is 0. The van der Waals surface area contributed by atoms with Crippen LogP contribution in [0.4, 0.5) is 0 Å². The Morgan fingerprint density at radius 3 is 2.59 bits per heavy atom. The molecule has 0 spiro atoms. The maximum absolute atomic E-state index is 11.6. The SMILES string of the molecule is CCOC(=O)c1ccc(C)c(C(Cl)C(C)=O)c1. The van der Waals surface area contributed by atoms with Gasteiger partial charge in [0.2, 0.25) is 0 Å². The minimum Gasteiger partial charge on any atom is -0.462 e. The predicted molar refractivity (Wildman–Crippen MR) is 66.4 cm³/mol. The highest BCUT2D eigenvalue weighted by Crippen LogP contribution is 2.26. The highest BCUT2D eigenvalue weighted by atomic mass is 35.5. The lowest BCUT2D eigenvalue weighted by Crippen LogP contribution is -2.08. The molecule has 0 amide bonds. The first kappa shape index (κ1) is 13.7. The van der Waals surface area contributed by atoms with Crippen molar-refractivity contribution < 1.29 is 14.3 Å². The van der Waals surface area contributed by atoms with E-state index in [0.717, 1.165) is 5.56 Å². The van der Waals surface area contributed by atoms with Gasteiger partial charge in [0.1, 0.15) is 5.38 Å². The Kier molecular flexibility index (Phi) is 4.70. The van der Waals surface area contributed by atoms with Gasteiger partial charge in [0, 0.05) is 0 Å². The van der Waals surface area contributed by atoms with Gasteiger partial charge in [0.05, 0.1) is 12.2 Å². The molecule has 17 heavy (non-hydrogen) atoms. The fourth-order valence-electron chi connectivity index (χ4n) is 1.47. The molecule has 0 bridgehead atoms. The van der Waals surface area contributed by atoms with Gasteiger partial charge in [-0.25, -0.2) is 4.79 Å². The number of ketones is 1. The van der Waals surface area contributed by atoms with Crippen LogP contribution in [0, 0.1) is 6.92 Å². The second kappa shape index (κ2) is 5.82. The molecular weight excluding hydrogens is 240 g/mol. The number of alkyl halides is 1. The van der Waals surface area contributed by atoms with Crippen LogP contribution in [0.1, 0.15) is 40.7 Å². The van der Waals surface area contributed by atoms with Crippen LogP contribution < -0.4 is 0 Å². The van der Waals surface area contributed by atoms with Gasteiger partial charge in [-0.3, -0.25) is 4.79 Å². The van der Waals surface area contributed by atoms with Crippen LogP contribution in [0.2, 0.25) is 0 Å². The van der Waals surface area contributed by atoms with E-state index in [1.54, 1.807) is 25.1 Å². The third-order valence-corrected chi connectivity index (χ3v) is 2.96. The summed E-state index contributed by atoms with van der Waals surface area (Å²) in [6, 6.07) is 5.05. The number of carbonyl (C=O) groups is 2. The summed E-state index contributed by atoms with van der Waals surface area (Å²) < 4.78 is 4.90. The molecule has 1 rings (SSSR count). The summed E-state index contributed by atoms with van der Waals surface area (Å²) in [6.45, 7) is 5.34. The van der Waals surface area contributed by atoms with Crippen LogP contribution in [-0.4, -0.2) is 18.4 Å². The van der Waals surface area contributed by atoms with Gasteiger partial charge in [-0.05, 0) is 44.0 Å². The molecular formula is C13H15ClO3. The first-order valence-corrected chi connectivity index (χ1v) is 5.83. The predicted octanol–water partition coefficient (Wildman–Crippen LogP) is 3.04. The average molecular weight is 255 g/mol. The number of carbonyl (C=O) groups excluding carboxylic acids is 2. The van der Waals surface area contributed by atoms with Crippen LogP contribution in [0.15, 0.2) is 18.2 Å². The summed E-state index contributed by atoms with van der Waals surface area (Å²) >= 11 is 6.00. The van der Waals surface area contributed by atoms with Crippen molar-refractivity contribution in [3.8, 4) is 0 Å². The second-order valence-electron chi connectivity index (χ2n) is 3.77. The molecule has 4 heteroatoms. The van der Waals surface area contributed by atoms with E-state index in [2.05, 4.69) is 0 Å². The number of rotatable bonds is 4. The first-order valence-electron chi connectivity index (χ1n) is 5.39. The van der Waals surface area contributed by atoms with E-state index in [9.17, 15) is 9.59 Å². The summed E-state index contributed by atoms with van der Waals surface area (Å²) in [7, 11) is 0. The molecule has 0 radical (unpaired) electrons. The standard InChI is InChI=1S/C13H15ClO3/c1-4-17-13(16)10-6-5-8(2)11(7-10)12(14)9(3)15/h5-7,12H,4H2,1-3H3. The minimum absolute atomic E-state index is 0.143. The van der Waals surface area contributed by atoms with Crippen molar-refractivity contribution >= 4 is 23.4 Å². The van der Waals surface area contributed by atoms with Crippen molar-refractivity contribution in [1.29, 1.82) is 0 Å². The van der Waals surface area contributed by atoms with E-state index in [-0.39, 0.29) is 5.78 Å². The van der Waals surface area contributed by atoms with Crippen molar-refractivity contribution in [3.05, 3.63) is 34.9 Å². The third-order valence-electron chi connectivity index (χ3n) is 2.42. The summed E-state index contributed by atoms with van der Waals surface area (Å²) in [5.41, 5.74) is 1.96. The van der Waals surface area contributed by atoms with Gasteiger partial charge in [-0.15, -0.1) is 11.6 Å². The van der Waals surface area contributed by atoms with E-state index in [0.29, 0.717) is 17.7 Å². The Hall–Kier alpha value is -1.35. The van der Waals surface area contributed by atoms with Crippen molar-refractivity contribution in [2.45, 2.75) is 26.1 Å². The molecule has 0 saturated heterocycles. The van der Waals surface area contributed by atoms with E-state index in [4.69, 9.17) is 16.3 Å². The van der Waals surface area contributed by atoms with Crippen molar-refractivity contribution in [3.63, 3.8) is 0 Å². The molecule has 1 aromatic carbocycles. The average Bonchev–Trinajstić information content (AvgIpc) is 2.28. The fraction of sp³-hybridized carbons (Fsp3) is 0.385. The molecule has 0 aliphatic rings. The molecule has 1 unspecified atom stereocenters. The largest absolute Gasteiger partial charge is 0.462 e. The smallest absolute Gasteiger partial charge is 0.338 e. The number of aryl methyl sites for hydroxylation is 1. The van der Waals surface area contributed by atoms with Crippen LogP contribution in [-0.2, 0) is 9.53 Å². The number of benzene rings is 1. The zero-order chi connectivity index (χ0) is 13.0. The zero-order valence-corrected chi connectivity index (χ0v) is 10.9. The first-order chi connectivity index (χ1) is 7.97. The molecule has 0 fully saturated rings. The van der Waals surface area contributed by atoms with Crippen molar-refractivity contribution in [2.24, 2.45) is 0 Å². The molecule has 92 valence electrons. The van der Waals surface area contributed by atoms with Gasteiger partial charge in [-0.1, -0.05) is 6.07 Å². The van der Waals surface area contributed by atoms with E-state index in [1.807, 2.05) is 6.92 Å². The maximum atomic E-state index is 11.6. The van der Waals surface area contributed by atoms with E-state index >= 15 is 0 Å². The lowest BCUT2D eigenvalue weighted by molar-refractivity contribution is -0.116. The monoisotopic (exact) mass is 254 g/mol. The molecule has 0 N–H and O–H groups in total. The number of ether oxygens (including phenoxy) is 1. The Balaban J connectivity index is 3.10. The molecule has 0 heterocycles. The maximum Gasteiger partial charge on any atom is 0.338 e. The van der Waals surface area contributed by atoms with Crippen LogP contribution in [0.25, 0.3) is 0 Å². The third kappa shape index (κ3) is 3.30. The highest BCUT2D eigenvalue weighted by Gasteiger charge is 2.17. The lowest BCUT2D eigenvalue weighted by atomic mass is 10.0. The number of esters is 1. The van der Waals surface area contributed by atoms with E-state index in [1.165, 1.54) is 6.92 Å². The number of halogens is 1. The number of hydrogen-bond donors (Lipinski definition) is 0. The molecule has 1 atom stereocenters. The van der Waals surface area contributed by atoms with Gasteiger partial charge >= 0.3 is 5.97 Å². The summed E-state index contributed by atoms with van der Waals surface area (Å²) in [4.78, 5) is 22.8. The van der Waals surface area contributed by atoms with Crippen LogP contribution in [0.5, 0.6) is 0 Å². The van der Waals surface area contributed by atoms with Gasteiger partial charge in [0.25, 0.3) is 0 Å². The Bertz CT molecular complexity index is 440. The van der Waals surface area contributed by atoms with Gasteiger partial charge in [0.15, 0.2) is 5.78 Å². The molecule has 0 saturated carbocycles. The lowest BCUT2D eigenvalue weighted by Gasteiger charge is -2.11. The number of hydrogen-bond acceptors (Lipinski definition) is 3. The second-order valence-corrected chi connectivity index (χ2v) is 4.20. The summed E-state index contributed by atoms with van der Waals surface area (Å²) in [5.74, 6) is -0.544. The normalized spacial score (nSPS) is 12.0. The topological polar surface area (TPSA) is 43.4 Å². The van der Waals surface area contributed by atoms with Gasteiger partial charge < -0.3 is 4.74 Å². The fourth-order valence-corrected chi connectivity index (χ4v) is 1.71. The van der Waals surface area contributed by atoms with Crippen LogP contribution >= 0.6 is 11.6 Å². The molecule has 1 aromatic rings. The summed E-state index contributed by atoms with van der Waals surface area (Å²) in [5, 5.41) is -0.718. The molecule has 0 aliphatic heterocycles. The zero-order valence-electron chi connectivity index (χ0n) is 10.1. The number of Topliss-reactive ketones (excluding diaryl/α,β-unsaturated/α-hetero) is 1. The molecule has 0 aliphatic carbocycles. The highest BCUT2D eigenvalue weighted by molar-refractivity contribution is 6.31. The Morgan fingerprint density at radius 1 is 1.41 bits per heavy atom. The molecule has 3 nitrogen and oxygen atoms in total. The Morgan fingerprint density at radius 2 is 2.06 bits per heavy atom. The molecule has 0 aromatic heterocycles. The Labute approximate surface area is 106 Å². The van der Waals surface area contributed by atoms with Crippen molar-refractivity contribution in [1.82, 2.24) is 0 Å².